The van der Waals surface area contributed by atoms with Crippen molar-refractivity contribution in [2.75, 3.05) is 13.1 Å². The molecule has 26 heavy (non-hydrogen) atoms. The maximum atomic E-state index is 12.4. The van der Waals surface area contributed by atoms with E-state index in [0.29, 0.717) is 30.1 Å². The first-order chi connectivity index (χ1) is 12.5. The molecule has 2 amide bonds. The van der Waals surface area contributed by atoms with Gasteiger partial charge in [0, 0.05) is 30.1 Å². The summed E-state index contributed by atoms with van der Waals surface area (Å²) in [5.74, 6) is 2.58. The first-order valence-corrected chi connectivity index (χ1v) is 10.2. The molecule has 4 aliphatic carbocycles. The van der Waals surface area contributed by atoms with Crippen molar-refractivity contribution in [1.29, 1.82) is 0 Å². The lowest BCUT2D eigenvalue weighted by Crippen LogP contribution is -2.48. The van der Waals surface area contributed by atoms with Gasteiger partial charge in [-0.05, 0) is 79.9 Å². The predicted molar refractivity (Wildman–Crippen MR) is 102 cm³/mol. The molecular weight excluding hydrogens is 348 g/mol. The summed E-state index contributed by atoms with van der Waals surface area (Å²) >= 11 is 5.90. The molecule has 0 spiro atoms. The van der Waals surface area contributed by atoms with Crippen LogP contribution in [0, 0.1) is 23.2 Å². The molecule has 0 unspecified atom stereocenters. The Morgan fingerprint density at radius 2 is 1.62 bits per heavy atom. The highest BCUT2D eigenvalue weighted by Crippen LogP contribution is 2.61. The van der Waals surface area contributed by atoms with Crippen LogP contribution in [0.4, 0.5) is 0 Å². The van der Waals surface area contributed by atoms with Gasteiger partial charge in [-0.1, -0.05) is 17.7 Å². The number of carbonyl (C=O) groups is 2. The van der Waals surface area contributed by atoms with Crippen molar-refractivity contribution in [1.82, 2.24) is 10.6 Å². The highest BCUT2D eigenvalue weighted by molar-refractivity contribution is 6.30. The molecule has 4 fully saturated rings. The number of hydrogen-bond acceptors (Lipinski definition) is 2. The zero-order valence-electron chi connectivity index (χ0n) is 15.1. The number of halogens is 1. The SMILES string of the molecule is O=C(CC12CC3CC(CC(C3)C1)C2)NCCNC(=O)c1cccc(Cl)c1. The van der Waals surface area contributed by atoms with Gasteiger partial charge in [-0.15, -0.1) is 0 Å². The number of nitrogens with one attached hydrogen (secondary N) is 2. The highest BCUT2D eigenvalue weighted by atomic mass is 35.5. The maximum absolute atomic E-state index is 12.4. The molecule has 4 nitrogen and oxygen atoms in total. The van der Waals surface area contributed by atoms with E-state index >= 15 is 0 Å². The summed E-state index contributed by atoms with van der Waals surface area (Å²) in [4.78, 5) is 24.5. The van der Waals surface area contributed by atoms with Crippen LogP contribution in [-0.2, 0) is 4.79 Å². The van der Waals surface area contributed by atoms with E-state index in [0.717, 1.165) is 17.8 Å². The van der Waals surface area contributed by atoms with Gasteiger partial charge in [0.2, 0.25) is 5.91 Å². The Balaban J connectivity index is 1.21. The van der Waals surface area contributed by atoms with Crippen LogP contribution in [0.15, 0.2) is 24.3 Å². The number of amides is 2. The zero-order chi connectivity index (χ0) is 18.1. The molecule has 0 atom stereocenters. The summed E-state index contributed by atoms with van der Waals surface area (Å²) < 4.78 is 0. The molecule has 1 aromatic carbocycles. The Labute approximate surface area is 160 Å². The minimum atomic E-state index is -0.164. The van der Waals surface area contributed by atoms with Gasteiger partial charge >= 0.3 is 0 Å². The lowest BCUT2D eigenvalue weighted by molar-refractivity contribution is -0.129. The quantitative estimate of drug-likeness (QED) is 0.744. The summed E-state index contributed by atoms with van der Waals surface area (Å²) in [6, 6.07) is 6.86. The van der Waals surface area contributed by atoms with Gasteiger partial charge in [0.25, 0.3) is 5.91 Å². The molecule has 4 bridgehead atoms. The fourth-order valence-corrected chi connectivity index (χ4v) is 6.21. The van der Waals surface area contributed by atoms with E-state index in [9.17, 15) is 9.59 Å². The fraction of sp³-hybridized carbons (Fsp3) is 0.619. The van der Waals surface area contributed by atoms with Crippen molar-refractivity contribution in [3.8, 4) is 0 Å². The van der Waals surface area contributed by atoms with Crippen molar-refractivity contribution in [2.45, 2.75) is 44.9 Å². The maximum Gasteiger partial charge on any atom is 0.251 e. The third-order valence-electron chi connectivity index (χ3n) is 6.52. The zero-order valence-corrected chi connectivity index (χ0v) is 15.9. The largest absolute Gasteiger partial charge is 0.354 e. The molecule has 0 radical (unpaired) electrons. The van der Waals surface area contributed by atoms with Crippen LogP contribution in [0.5, 0.6) is 0 Å². The number of rotatable bonds is 6. The second kappa shape index (κ2) is 7.22. The molecule has 5 rings (SSSR count). The summed E-state index contributed by atoms with van der Waals surface area (Å²) in [5.41, 5.74) is 0.806. The lowest BCUT2D eigenvalue weighted by Gasteiger charge is -2.56. The molecule has 1 aromatic rings. The summed E-state index contributed by atoms with van der Waals surface area (Å²) in [6.45, 7) is 0.898. The highest BCUT2D eigenvalue weighted by Gasteiger charge is 2.51. The van der Waals surface area contributed by atoms with E-state index in [1.807, 2.05) is 0 Å². The Morgan fingerprint density at radius 3 is 2.23 bits per heavy atom. The van der Waals surface area contributed by atoms with Gasteiger partial charge in [-0.2, -0.15) is 0 Å². The Bertz CT molecular complexity index is 668. The topological polar surface area (TPSA) is 58.2 Å². The molecule has 140 valence electrons. The molecule has 0 heterocycles. The van der Waals surface area contributed by atoms with E-state index in [2.05, 4.69) is 10.6 Å². The molecule has 2 N–H and O–H groups in total. The normalized spacial score (nSPS) is 31.7. The van der Waals surface area contributed by atoms with Gasteiger partial charge in [0.05, 0.1) is 0 Å². The van der Waals surface area contributed by atoms with E-state index in [-0.39, 0.29) is 17.2 Å². The third-order valence-corrected chi connectivity index (χ3v) is 6.76. The van der Waals surface area contributed by atoms with E-state index in [1.54, 1.807) is 24.3 Å². The van der Waals surface area contributed by atoms with E-state index in [4.69, 9.17) is 11.6 Å². The number of hydrogen-bond donors (Lipinski definition) is 2. The average molecular weight is 375 g/mol. The van der Waals surface area contributed by atoms with Crippen LogP contribution in [0.3, 0.4) is 0 Å². The Hall–Kier alpha value is -1.55. The van der Waals surface area contributed by atoms with Gasteiger partial charge in [-0.25, -0.2) is 0 Å². The van der Waals surface area contributed by atoms with Crippen LogP contribution in [-0.4, -0.2) is 24.9 Å². The number of benzene rings is 1. The smallest absolute Gasteiger partial charge is 0.251 e. The van der Waals surface area contributed by atoms with Gasteiger partial charge in [-0.3, -0.25) is 9.59 Å². The monoisotopic (exact) mass is 374 g/mol. The van der Waals surface area contributed by atoms with Crippen molar-refractivity contribution in [3.63, 3.8) is 0 Å². The van der Waals surface area contributed by atoms with Crippen LogP contribution >= 0.6 is 11.6 Å². The molecule has 0 aromatic heterocycles. The summed E-state index contributed by atoms with van der Waals surface area (Å²) in [5, 5.41) is 6.37. The van der Waals surface area contributed by atoms with Crippen LogP contribution < -0.4 is 10.6 Å². The van der Waals surface area contributed by atoms with Crippen LogP contribution in [0.2, 0.25) is 5.02 Å². The molecule has 4 saturated carbocycles. The fourth-order valence-electron chi connectivity index (χ4n) is 6.02. The number of carbonyl (C=O) groups excluding carboxylic acids is 2. The predicted octanol–water partition coefficient (Wildman–Crippen LogP) is 3.79. The van der Waals surface area contributed by atoms with Crippen molar-refractivity contribution in [3.05, 3.63) is 34.9 Å². The van der Waals surface area contributed by atoms with Crippen LogP contribution in [0.25, 0.3) is 0 Å². The molecule has 5 heteroatoms. The molecule has 0 aliphatic heterocycles. The van der Waals surface area contributed by atoms with E-state index in [1.165, 1.54) is 38.5 Å². The average Bonchev–Trinajstić information content (AvgIpc) is 2.57. The van der Waals surface area contributed by atoms with Crippen LogP contribution in [0.1, 0.15) is 55.3 Å². The van der Waals surface area contributed by atoms with Gasteiger partial charge in [0.15, 0.2) is 0 Å². The standard InChI is InChI=1S/C21H27ClN2O2/c22-18-3-1-2-17(9-18)20(26)24-5-4-23-19(25)13-21-10-14-6-15(11-21)8-16(7-14)12-21/h1-3,9,14-16H,4-8,10-13H2,(H,23,25)(H,24,26). The van der Waals surface area contributed by atoms with Crippen molar-refractivity contribution < 1.29 is 9.59 Å². The minimum Gasteiger partial charge on any atom is -0.354 e. The van der Waals surface area contributed by atoms with Crippen molar-refractivity contribution in [2.24, 2.45) is 23.2 Å². The van der Waals surface area contributed by atoms with Gasteiger partial charge in [0.1, 0.15) is 0 Å². The Morgan fingerprint density at radius 1 is 1.00 bits per heavy atom. The first kappa shape index (κ1) is 17.8. The van der Waals surface area contributed by atoms with Crippen molar-refractivity contribution >= 4 is 23.4 Å². The second-order valence-electron chi connectivity index (χ2n) is 8.71. The Kier molecular flexibility index (Phi) is 4.96. The first-order valence-electron chi connectivity index (χ1n) is 9.82. The summed E-state index contributed by atoms with van der Waals surface area (Å²) in [7, 11) is 0. The second-order valence-corrected chi connectivity index (χ2v) is 9.15. The molecular formula is C21H27ClN2O2. The third kappa shape index (κ3) is 3.90. The molecule has 0 saturated heterocycles. The lowest BCUT2D eigenvalue weighted by atomic mass is 9.49. The summed E-state index contributed by atoms with van der Waals surface area (Å²) in [6.07, 6.45) is 8.61. The molecule has 4 aliphatic rings. The van der Waals surface area contributed by atoms with Gasteiger partial charge < -0.3 is 10.6 Å². The minimum absolute atomic E-state index is 0.143. The van der Waals surface area contributed by atoms with E-state index < -0.39 is 0 Å².